The highest BCUT2D eigenvalue weighted by molar-refractivity contribution is 5.76. The Morgan fingerprint density at radius 1 is 1.24 bits per heavy atom. The Morgan fingerprint density at radius 2 is 2.08 bits per heavy atom. The van der Waals surface area contributed by atoms with E-state index in [0.717, 1.165) is 50.0 Å². The summed E-state index contributed by atoms with van der Waals surface area (Å²) >= 11 is 0. The number of fused-ring (bicyclic) bond motifs is 1. The van der Waals surface area contributed by atoms with Gasteiger partial charge in [-0.15, -0.1) is 0 Å². The van der Waals surface area contributed by atoms with E-state index in [9.17, 15) is 14.3 Å². The van der Waals surface area contributed by atoms with Crippen molar-refractivity contribution in [2.24, 2.45) is 0 Å². The highest BCUT2D eigenvalue weighted by atomic mass is 19.1. The van der Waals surface area contributed by atoms with Crippen LogP contribution in [0.1, 0.15) is 74.9 Å². The number of anilines is 1. The number of aryl methyl sites for hydroxylation is 2. The number of nitrogens with one attached hydrogen (secondary N) is 1. The summed E-state index contributed by atoms with van der Waals surface area (Å²) in [6.45, 7) is 8.00. The predicted octanol–water partition coefficient (Wildman–Crippen LogP) is 5.13. The van der Waals surface area contributed by atoms with Crippen molar-refractivity contribution in [1.29, 1.82) is 0 Å². The molecule has 3 unspecified atom stereocenters. The lowest BCUT2D eigenvalue weighted by atomic mass is 9.99. The summed E-state index contributed by atoms with van der Waals surface area (Å²) in [5.74, 6) is -0.400. The molecule has 1 aromatic heterocycles. The maximum atomic E-state index is 14.1. The third-order valence-electron chi connectivity index (χ3n) is 7.20. The number of likely N-dealkylation sites (tertiary alicyclic amines) is 1. The second kappa shape index (κ2) is 12.8. The number of pyridine rings is 1. The molecule has 0 radical (unpaired) electrons. The van der Waals surface area contributed by atoms with Crippen LogP contribution in [0.4, 0.5) is 10.2 Å². The Balaban J connectivity index is 1.26. The lowest BCUT2D eigenvalue weighted by Crippen LogP contribution is -2.34. The molecule has 37 heavy (non-hydrogen) atoms. The summed E-state index contributed by atoms with van der Waals surface area (Å²) in [5.41, 5.74) is 3.56. The number of rotatable bonds is 12. The average molecular weight is 514 g/mol. The SMILES string of the molecule is CC1CCc2ccc(CCCCOC3CCN(C(C(=O)O)c4cc(F)ccc4COC(C)C)C3)nc2N1. The van der Waals surface area contributed by atoms with Crippen LogP contribution in [0.5, 0.6) is 0 Å². The van der Waals surface area contributed by atoms with Gasteiger partial charge in [-0.2, -0.15) is 0 Å². The Kier molecular flexibility index (Phi) is 9.51. The number of carboxylic acids is 1. The molecule has 0 spiro atoms. The van der Waals surface area contributed by atoms with Gasteiger partial charge in [0, 0.05) is 31.4 Å². The van der Waals surface area contributed by atoms with Crippen LogP contribution in [0.2, 0.25) is 0 Å². The molecule has 0 bridgehead atoms. The van der Waals surface area contributed by atoms with Gasteiger partial charge in [-0.25, -0.2) is 9.37 Å². The third-order valence-corrected chi connectivity index (χ3v) is 7.20. The summed E-state index contributed by atoms with van der Waals surface area (Å²) in [6.07, 6.45) is 5.76. The van der Waals surface area contributed by atoms with Gasteiger partial charge in [-0.05, 0) is 94.2 Å². The van der Waals surface area contributed by atoms with Crippen molar-refractivity contribution in [3.05, 3.63) is 58.5 Å². The summed E-state index contributed by atoms with van der Waals surface area (Å²) in [4.78, 5) is 19.0. The number of nitrogens with zero attached hydrogens (tertiary/aromatic N) is 2. The summed E-state index contributed by atoms with van der Waals surface area (Å²) in [6, 6.07) is 8.17. The van der Waals surface area contributed by atoms with E-state index < -0.39 is 17.8 Å². The Labute approximate surface area is 219 Å². The maximum Gasteiger partial charge on any atom is 0.325 e. The van der Waals surface area contributed by atoms with Gasteiger partial charge in [0.25, 0.3) is 0 Å². The van der Waals surface area contributed by atoms with Gasteiger partial charge >= 0.3 is 5.97 Å². The molecule has 7 nitrogen and oxygen atoms in total. The van der Waals surface area contributed by atoms with E-state index in [1.807, 2.05) is 18.7 Å². The first kappa shape index (κ1) is 27.5. The molecular formula is C29H40FN3O4. The first-order valence-corrected chi connectivity index (χ1v) is 13.5. The van der Waals surface area contributed by atoms with Crippen LogP contribution >= 0.6 is 0 Å². The molecule has 4 rings (SSSR count). The molecule has 1 fully saturated rings. The Bertz CT molecular complexity index is 1060. The minimum Gasteiger partial charge on any atom is -0.480 e. The first-order chi connectivity index (χ1) is 17.8. The monoisotopic (exact) mass is 513 g/mol. The van der Waals surface area contributed by atoms with Gasteiger partial charge in [-0.1, -0.05) is 12.1 Å². The molecule has 0 saturated carbocycles. The summed E-state index contributed by atoms with van der Waals surface area (Å²) in [5, 5.41) is 13.5. The molecule has 1 aromatic carbocycles. The largest absolute Gasteiger partial charge is 0.480 e. The molecular weight excluding hydrogens is 473 g/mol. The van der Waals surface area contributed by atoms with Crippen LogP contribution in [-0.2, 0) is 33.7 Å². The standard InChI is InChI=1S/C29H40FN3O4/c1-19(2)37-18-22-9-11-23(30)16-26(22)27(29(34)35)33-14-13-25(17-33)36-15-5-4-6-24-12-10-21-8-7-20(3)31-28(21)32-24/h9-12,16,19-20,25,27H,4-8,13-15,17-18H2,1-3H3,(H,31,32)(H,34,35). The van der Waals surface area contributed by atoms with E-state index in [2.05, 4.69) is 24.4 Å². The molecule has 202 valence electrons. The normalized spacial score (nSPS) is 20.6. The number of benzene rings is 1. The molecule has 2 aliphatic rings. The minimum atomic E-state index is -0.988. The summed E-state index contributed by atoms with van der Waals surface area (Å²) in [7, 11) is 0. The fourth-order valence-electron chi connectivity index (χ4n) is 5.15. The van der Waals surface area contributed by atoms with Crippen LogP contribution in [-0.4, -0.2) is 58.9 Å². The Hall–Kier alpha value is -2.55. The average Bonchev–Trinajstić information content (AvgIpc) is 3.31. The van der Waals surface area contributed by atoms with Gasteiger partial charge in [0.1, 0.15) is 17.7 Å². The van der Waals surface area contributed by atoms with Crippen molar-refractivity contribution in [3.8, 4) is 0 Å². The molecule has 2 N–H and O–H groups in total. The van der Waals surface area contributed by atoms with E-state index >= 15 is 0 Å². The van der Waals surface area contributed by atoms with Crippen LogP contribution in [0, 0.1) is 5.82 Å². The number of carboxylic acid groups (broad SMARTS) is 1. The molecule has 0 amide bonds. The van der Waals surface area contributed by atoms with Gasteiger partial charge in [0.15, 0.2) is 0 Å². The van der Waals surface area contributed by atoms with Crippen molar-refractivity contribution in [2.75, 3.05) is 25.0 Å². The van der Waals surface area contributed by atoms with Crippen LogP contribution in [0.3, 0.4) is 0 Å². The lowest BCUT2D eigenvalue weighted by molar-refractivity contribution is -0.143. The quantitative estimate of drug-likeness (QED) is 0.381. The van der Waals surface area contributed by atoms with Gasteiger partial charge in [0.2, 0.25) is 0 Å². The molecule has 0 aliphatic carbocycles. The molecule has 1 saturated heterocycles. The zero-order valence-corrected chi connectivity index (χ0v) is 22.2. The predicted molar refractivity (Wildman–Crippen MR) is 141 cm³/mol. The highest BCUT2D eigenvalue weighted by Gasteiger charge is 2.35. The number of aromatic nitrogens is 1. The molecule has 8 heteroatoms. The fourth-order valence-corrected chi connectivity index (χ4v) is 5.15. The summed E-state index contributed by atoms with van der Waals surface area (Å²) < 4.78 is 25.9. The lowest BCUT2D eigenvalue weighted by Gasteiger charge is -2.26. The number of aliphatic carboxylic acids is 1. The van der Waals surface area contributed by atoms with Crippen molar-refractivity contribution in [3.63, 3.8) is 0 Å². The number of halogens is 1. The zero-order valence-electron chi connectivity index (χ0n) is 22.2. The maximum absolute atomic E-state index is 14.1. The number of unbranched alkanes of at least 4 members (excludes halogenated alkanes) is 1. The number of ether oxygens (including phenoxy) is 2. The van der Waals surface area contributed by atoms with E-state index in [-0.39, 0.29) is 18.8 Å². The smallest absolute Gasteiger partial charge is 0.325 e. The zero-order chi connectivity index (χ0) is 26.4. The van der Waals surface area contributed by atoms with E-state index in [4.69, 9.17) is 14.5 Å². The Morgan fingerprint density at radius 3 is 2.86 bits per heavy atom. The van der Waals surface area contributed by atoms with Crippen molar-refractivity contribution >= 4 is 11.8 Å². The van der Waals surface area contributed by atoms with Crippen LogP contribution in [0.25, 0.3) is 0 Å². The highest BCUT2D eigenvalue weighted by Crippen LogP contribution is 2.30. The van der Waals surface area contributed by atoms with Crippen molar-refractivity contribution in [1.82, 2.24) is 9.88 Å². The molecule has 3 atom stereocenters. The number of hydrogen-bond acceptors (Lipinski definition) is 6. The van der Waals surface area contributed by atoms with Crippen molar-refractivity contribution in [2.45, 2.75) is 90.2 Å². The number of carbonyl (C=O) groups is 1. The minimum absolute atomic E-state index is 0.00543. The third kappa shape index (κ3) is 7.49. The van der Waals surface area contributed by atoms with E-state index in [1.165, 1.54) is 17.7 Å². The van der Waals surface area contributed by atoms with Gasteiger partial charge in [-0.3, -0.25) is 9.69 Å². The molecule has 3 heterocycles. The van der Waals surface area contributed by atoms with Crippen LogP contribution in [0.15, 0.2) is 30.3 Å². The molecule has 2 aromatic rings. The number of hydrogen-bond donors (Lipinski definition) is 2. The van der Waals surface area contributed by atoms with E-state index in [1.54, 1.807) is 6.07 Å². The van der Waals surface area contributed by atoms with Crippen LogP contribution < -0.4 is 5.32 Å². The van der Waals surface area contributed by atoms with Gasteiger partial charge < -0.3 is 19.9 Å². The molecule has 2 aliphatic heterocycles. The van der Waals surface area contributed by atoms with Gasteiger partial charge in [0.05, 0.1) is 18.8 Å². The topological polar surface area (TPSA) is 83.9 Å². The first-order valence-electron chi connectivity index (χ1n) is 13.5. The van der Waals surface area contributed by atoms with E-state index in [0.29, 0.717) is 36.9 Å². The fraction of sp³-hybridized carbons (Fsp3) is 0.586. The van der Waals surface area contributed by atoms with Crippen molar-refractivity contribution < 1.29 is 23.8 Å². The second-order valence-electron chi connectivity index (χ2n) is 10.6. The second-order valence-corrected chi connectivity index (χ2v) is 10.6.